The molecule has 5 heteroatoms. The number of nitrogens with one attached hydrogen (secondary N) is 1. The van der Waals surface area contributed by atoms with Crippen LogP contribution in [0.5, 0.6) is 5.75 Å². The molecule has 21 heavy (non-hydrogen) atoms. The second-order valence-electron chi connectivity index (χ2n) is 5.67. The van der Waals surface area contributed by atoms with E-state index in [-0.39, 0.29) is 6.42 Å². The molecule has 0 aliphatic carbocycles. The molecule has 1 rings (SSSR count). The van der Waals surface area contributed by atoms with Crippen LogP contribution in [0.2, 0.25) is 0 Å². The number of aliphatic hydroxyl groups is 1. The van der Waals surface area contributed by atoms with Gasteiger partial charge >= 0.3 is 5.97 Å². The molecule has 0 spiro atoms. The van der Waals surface area contributed by atoms with Crippen LogP contribution in [0.4, 0.5) is 0 Å². The molecule has 1 aromatic carbocycles. The van der Waals surface area contributed by atoms with E-state index in [9.17, 15) is 9.90 Å². The molecule has 2 unspecified atom stereocenters. The van der Waals surface area contributed by atoms with Crippen LogP contribution in [0, 0.1) is 12.8 Å². The van der Waals surface area contributed by atoms with Crippen LogP contribution in [0.1, 0.15) is 37.5 Å². The zero-order valence-corrected chi connectivity index (χ0v) is 13.1. The van der Waals surface area contributed by atoms with E-state index in [2.05, 4.69) is 5.32 Å². The highest BCUT2D eigenvalue weighted by Gasteiger charge is 2.24. The smallest absolute Gasteiger partial charge is 0.305 e. The van der Waals surface area contributed by atoms with Crippen molar-refractivity contribution in [3.8, 4) is 5.75 Å². The predicted octanol–water partition coefficient (Wildman–Crippen LogP) is 2.13. The first kappa shape index (κ1) is 17.5. The van der Waals surface area contributed by atoms with Gasteiger partial charge in [-0.1, -0.05) is 19.9 Å². The third kappa shape index (κ3) is 5.36. The fourth-order valence-corrected chi connectivity index (χ4v) is 2.19. The number of carboxylic acids is 1. The van der Waals surface area contributed by atoms with Crippen LogP contribution in [0.3, 0.4) is 0 Å². The maximum Gasteiger partial charge on any atom is 0.305 e. The number of carbonyl (C=O) groups is 1. The Morgan fingerprint density at radius 1 is 1.38 bits per heavy atom. The standard InChI is InChI=1S/C16H25NO4/c1-10(2)9-17-14(8-15(18)19)16(20)13-6-5-12(21-4)7-11(13)3/h5-7,10,14,16-17,20H,8-9H2,1-4H3,(H,18,19). The summed E-state index contributed by atoms with van der Waals surface area (Å²) in [5, 5.41) is 22.7. The number of methoxy groups -OCH3 is 1. The van der Waals surface area contributed by atoms with Crippen molar-refractivity contribution in [3.63, 3.8) is 0 Å². The zero-order chi connectivity index (χ0) is 16.0. The van der Waals surface area contributed by atoms with Crippen molar-refractivity contribution in [2.45, 2.75) is 39.3 Å². The summed E-state index contributed by atoms with van der Waals surface area (Å²) in [6.45, 7) is 6.61. The number of carboxylic acid groups (broad SMARTS) is 1. The van der Waals surface area contributed by atoms with Crippen LogP contribution in [-0.2, 0) is 4.79 Å². The van der Waals surface area contributed by atoms with Gasteiger partial charge in [-0.3, -0.25) is 4.79 Å². The molecule has 0 saturated heterocycles. The van der Waals surface area contributed by atoms with Crippen molar-refractivity contribution in [2.24, 2.45) is 5.92 Å². The molecule has 0 aliphatic rings. The van der Waals surface area contributed by atoms with Crippen LogP contribution >= 0.6 is 0 Å². The van der Waals surface area contributed by atoms with Gasteiger partial charge in [-0.05, 0) is 42.6 Å². The van der Waals surface area contributed by atoms with E-state index >= 15 is 0 Å². The van der Waals surface area contributed by atoms with Gasteiger partial charge < -0.3 is 20.3 Å². The van der Waals surface area contributed by atoms with Crippen LogP contribution in [0.25, 0.3) is 0 Å². The van der Waals surface area contributed by atoms with E-state index in [1.807, 2.05) is 26.8 Å². The molecule has 0 radical (unpaired) electrons. The second kappa shape index (κ2) is 8.00. The van der Waals surface area contributed by atoms with E-state index in [1.54, 1.807) is 19.2 Å². The van der Waals surface area contributed by atoms with Crippen LogP contribution < -0.4 is 10.1 Å². The first-order valence-corrected chi connectivity index (χ1v) is 7.13. The van der Waals surface area contributed by atoms with Crippen molar-refractivity contribution in [2.75, 3.05) is 13.7 Å². The number of aryl methyl sites for hydroxylation is 1. The molecule has 0 heterocycles. The lowest BCUT2D eigenvalue weighted by Gasteiger charge is -2.25. The fourth-order valence-electron chi connectivity index (χ4n) is 2.19. The first-order valence-electron chi connectivity index (χ1n) is 7.13. The number of hydrogen-bond donors (Lipinski definition) is 3. The van der Waals surface area contributed by atoms with Gasteiger partial charge in [0.05, 0.1) is 19.6 Å². The van der Waals surface area contributed by atoms with Crippen LogP contribution in [-0.4, -0.2) is 35.9 Å². The summed E-state index contributed by atoms with van der Waals surface area (Å²) < 4.78 is 5.14. The van der Waals surface area contributed by atoms with Crippen molar-refractivity contribution < 1.29 is 19.7 Å². The molecule has 1 aromatic rings. The molecule has 3 N–H and O–H groups in total. The molecule has 0 fully saturated rings. The minimum absolute atomic E-state index is 0.126. The van der Waals surface area contributed by atoms with Crippen molar-refractivity contribution in [1.82, 2.24) is 5.32 Å². The number of aliphatic hydroxyl groups excluding tert-OH is 1. The van der Waals surface area contributed by atoms with E-state index in [4.69, 9.17) is 9.84 Å². The summed E-state index contributed by atoms with van der Waals surface area (Å²) >= 11 is 0. The lowest BCUT2D eigenvalue weighted by Crippen LogP contribution is -2.39. The molecule has 0 aliphatic heterocycles. The van der Waals surface area contributed by atoms with Crippen LogP contribution in [0.15, 0.2) is 18.2 Å². The fraction of sp³-hybridized carbons (Fsp3) is 0.562. The number of ether oxygens (including phenoxy) is 1. The van der Waals surface area contributed by atoms with Gasteiger partial charge in [-0.25, -0.2) is 0 Å². The molecular formula is C16H25NO4. The molecule has 118 valence electrons. The van der Waals surface area contributed by atoms with E-state index in [0.29, 0.717) is 18.2 Å². The monoisotopic (exact) mass is 295 g/mol. The number of rotatable bonds is 8. The molecule has 0 aromatic heterocycles. The van der Waals surface area contributed by atoms with Gasteiger partial charge in [-0.15, -0.1) is 0 Å². The summed E-state index contributed by atoms with van der Waals surface area (Å²) in [7, 11) is 1.59. The van der Waals surface area contributed by atoms with E-state index in [1.165, 1.54) is 0 Å². The minimum atomic E-state index is -0.929. The maximum atomic E-state index is 11.0. The van der Waals surface area contributed by atoms with E-state index in [0.717, 1.165) is 11.1 Å². The summed E-state index contributed by atoms with van der Waals surface area (Å²) in [5.74, 6) is 0.167. The topological polar surface area (TPSA) is 78.8 Å². The predicted molar refractivity (Wildman–Crippen MR) is 81.6 cm³/mol. The Balaban J connectivity index is 2.92. The van der Waals surface area contributed by atoms with Gasteiger partial charge in [-0.2, -0.15) is 0 Å². The van der Waals surface area contributed by atoms with E-state index < -0.39 is 18.1 Å². The highest BCUT2D eigenvalue weighted by atomic mass is 16.5. The minimum Gasteiger partial charge on any atom is -0.497 e. The molecular weight excluding hydrogens is 270 g/mol. The highest BCUT2D eigenvalue weighted by molar-refractivity contribution is 5.67. The molecule has 5 nitrogen and oxygen atoms in total. The van der Waals surface area contributed by atoms with Crippen molar-refractivity contribution in [1.29, 1.82) is 0 Å². The van der Waals surface area contributed by atoms with Crippen molar-refractivity contribution in [3.05, 3.63) is 29.3 Å². The number of benzene rings is 1. The first-order chi connectivity index (χ1) is 9.85. The highest BCUT2D eigenvalue weighted by Crippen LogP contribution is 2.26. The van der Waals surface area contributed by atoms with Gasteiger partial charge in [0.1, 0.15) is 5.75 Å². The summed E-state index contributed by atoms with van der Waals surface area (Å²) in [5.41, 5.74) is 1.60. The van der Waals surface area contributed by atoms with Gasteiger partial charge in [0.2, 0.25) is 0 Å². The average Bonchev–Trinajstić information content (AvgIpc) is 2.42. The molecule has 0 saturated carbocycles. The third-order valence-corrected chi connectivity index (χ3v) is 3.36. The Morgan fingerprint density at radius 3 is 2.52 bits per heavy atom. The average molecular weight is 295 g/mol. The maximum absolute atomic E-state index is 11.0. The zero-order valence-electron chi connectivity index (χ0n) is 13.1. The van der Waals surface area contributed by atoms with Gasteiger partial charge in [0.15, 0.2) is 0 Å². The normalized spacial score (nSPS) is 14.0. The molecule has 0 amide bonds. The number of aliphatic carboxylic acids is 1. The van der Waals surface area contributed by atoms with Crippen molar-refractivity contribution >= 4 is 5.97 Å². The third-order valence-electron chi connectivity index (χ3n) is 3.36. The Labute approximate surface area is 125 Å². The van der Waals surface area contributed by atoms with Gasteiger partial charge in [0, 0.05) is 6.04 Å². The largest absolute Gasteiger partial charge is 0.497 e. The summed E-state index contributed by atoms with van der Waals surface area (Å²) in [6, 6.07) is 4.87. The Hall–Kier alpha value is -1.59. The lowest BCUT2D eigenvalue weighted by molar-refractivity contribution is -0.138. The number of hydrogen-bond acceptors (Lipinski definition) is 4. The Kier molecular flexibility index (Phi) is 6.65. The summed E-state index contributed by atoms with van der Waals surface area (Å²) in [4.78, 5) is 11.0. The Morgan fingerprint density at radius 2 is 2.05 bits per heavy atom. The van der Waals surface area contributed by atoms with Gasteiger partial charge in [0.25, 0.3) is 0 Å². The Bertz CT molecular complexity index is 473. The lowest BCUT2D eigenvalue weighted by atomic mass is 9.95. The SMILES string of the molecule is COc1ccc(C(O)C(CC(=O)O)NCC(C)C)c(C)c1. The molecule has 0 bridgehead atoms. The quantitative estimate of drug-likeness (QED) is 0.684. The molecule has 2 atom stereocenters. The second-order valence-corrected chi connectivity index (χ2v) is 5.67. The summed E-state index contributed by atoms with van der Waals surface area (Å²) in [6.07, 6.45) is -0.995.